The van der Waals surface area contributed by atoms with Gasteiger partial charge in [0.2, 0.25) is 0 Å². The van der Waals surface area contributed by atoms with Gasteiger partial charge in [0.25, 0.3) is 0 Å². The molecule has 0 radical (unpaired) electrons. The van der Waals surface area contributed by atoms with E-state index in [2.05, 4.69) is 25.1 Å². The van der Waals surface area contributed by atoms with Gasteiger partial charge in [0.1, 0.15) is 31.6 Å². The molecular weight excluding hydrogens is 362 g/mol. The van der Waals surface area contributed by atoms with E-state index in [4.69, 9.17) is 14.2 Å². The SMILES string of the molecule is CCc1ccc(OCc2cccc(-c3ccc4c(c3)OCCO4)c2C#N)c(C)c1. The number of nitriles is 1. The number of aryl methyl sites for hydroxylation is 2. The maximum atomic E-state index is 9.86. The lowest BCUT2D eigenvalue weighted by Gasteiger charge is -2.19. The smallest absolute Gasteiger partial charge is 0.161 e. The molecule has 3 aromatic rings. The van der Waals surface area contributed by atoms with Crippen LogP contribution in [0.1, 0.15) is 29.2 Å². The summed E-state index contributed by atoms with van der Waals surface area (Å²) < 4.78 is 17.3. The second kappa shape index (κ2) is 8.28. The normalized spacial score (nSPS) is 12.3. The quantitative estimate of drug-likeness (QED) is 0.586. The van der Waals surface area contributed by atoms with E-state index in [1.807, 2.05) is 49.4 Å². The average molecular weight is 385 g/mol. The molecule has 1 aliphatic heterocycles. The van der Waals surface area contributed by atoms with Crippen LogP contribution in [-0.4, -0.2) is 13.2 Å². The molecule has 4 rings (SSSR count). The molecule has 0 spiro atoms. The van der Waals surface area contributed by atoms with Crippen molar-refractivity contribution < 1.29 is 14.2 Å². The van der Waals surface area contributed by atoms with E-state index in [9.17, 15) is 5.26 Å². The molecule has 146 valence electrons. The fraction of sp³-hybridized carbons (Fsp3) is 0.240. The van der Waals surface area contributed by atoms with E-state index in [-0.39, 0.29) is 0 Å². The van der Waals surface area contributed by atoms with Crippen molar-refractivity contribution in [2.75, 3.05) is 13.2 Å². The number of hydrogen-bond acceptors (Lipinski definition) is 4. The Kier molecular flexibility index (Phi) is 5.39. The van der Waals surface area contributed by atoms with E-state index >= 15 is 0 Å². The van der Waals surface area contributed by atoms with Crippen LogP contribution >= 0.6 is 0 Å². The van der Waals surface area contributed by atoms with Crippen LogP contribution in [0.2, 0.25) is 0 Å². The third-order valence-corrected chi connectivity index (χ3v) is 5.15. The first-order chi connectivity index (χ1) is 14.2. The molecule has 0 aliphatic carbocycles. The first-order valence-corrected chi connectivity index (χ1v) is 9.84. The van der Waals surface area contributed by atoms with Crippen molar-refractivity contribution in [1.82, 2.24) is 0 Å². The van der Waals surface area contributed by atoms with Gasteiger partial charge in [-0.1, -0.05) is 43.3 Å². The predicted octanol–water partition coefficient (Wildman–Crippen LogP) is 5.45. The summed E-state index contributed by atoms with van der Waals surface area (Å²) in [6.07, 6.45) is 0.997. The van der Waals surface area contributed by atoms with Crippen molar-refractivity contribution in [3.8, 4) is 34.4 Å². The minimum Gasteiger partial charge on any atom is -0.489 e. The number of fused-ring (bicyclic) bond motifs is 1. The summed E-state index contributed by atoms with van der Waals surface area (Å²) in [7, 11) is 0. The Morgan fingerprint density at radius 3 is 2.59 bits per heavy atom. The Balaban J connectivity index is 1.62. The largest absolute Gasteiger partial charge is 0.489 e. The lowest BCUT2D eigenvalue weighted by molar-refractivity contribution is 0.171. The number of benzene rings is 3. The van der Waals surface area contributed by atoms with Crippen molar-refractivity contribution in [2.45, 2.75) is 26.9 Å². The summed E-state index contributed by atoms with van der Waals surface area (Å²) in [5.74, 6) is 2.30. The third kappa shape index (κ3) is 3.90. The van der Waals surface area contributed by atoms with Gasteiger partial charge < -0.3 is 14.2 Å². The zero-order valence-corrected chi connectivity index (χ0v) is 16.7. The second-order valence-corrected chi connectivity index (χ2v) is 7.05. The highest BCUT2D eigenvalue weighted by Crippen LogP contribution is 2.36. The highest BCUT2D eigenvalue weighted by Gasteiger charge is 2.16. The Morgan fingerprint density at radius 2 is 1.83 bits per heavy atom. The maximum Gasteiger partial charge on any atom is 0.161 e. The Bertz CT molecular complexity index is 1080. The van der Waals surface area contributed by atoms with Gasteiger partial charge in [-0.3, -0.25) is 0 Å². The van der Waals surface area contributed by atoms with E-state index in [0.717, 1.165) is 40.2 Å². The minimum atomic E-state index is 0.341. The van der Waals surface area contributed by atoms with Crippen LogP contribution < -0.4 is 14.2 Å². The van der Waals surface area contributed by atoms with Crippen molar-refractivity contribution in [1.29, 1.82) is 5.26 Å². The molecule has 0 aromatic heterocycles. The number of hydrogen-bond donors (Lipinski definition) is 0. The van der Waals surface area contributed by atoms with E-state index < -0.39 is 0 Å². The first kappa shape index (κ1) is 18.9. The molecule has 0 amide bonds. The van der Waals surface area contributed by atoms with Crippen LogP contribution in [-0.2, 0) is 13.0 Å². The van der Waals surface area contributed by atoms with Crippen molar-refractivity contribution >= 4 is 0 Å². The highest BCUT2D eigenvalue weighted by molar-refractivity contribution is 5.74. The van der Waals surface area contributed by atoms with Gasteiger partial charge in [-0.15, -0.1) is 0 Å². The molecule has 0 bridgehead atoms. The molecule has 3 aromatic carbocycles. The minimum absolute atomic E-state index is 0.341. The molecule has 0 unspecified atom stereocenters. The summed E-state index contributed by atoms with van der Waals surface area (Å²) in [6, 6.07) is 20.2. The van der Waals surface area contributed by atoms with Crippen LogP contribution in [0.3, 0.4) is 0 Å². The van der Waals surface area contributed by atoms with Crippen LogP contribution in [0.5, 0.6) is 17.2 Å². The van der Waals surface area contributed by atoms with Crippen LogP contribution in [0.15, 0.2) is 54.6 Å². The Morgan fingerprint density at radius 1 is 1.00 bits per heavy atom. The summed E-state index contributed by atoms with van der Waals surface area (Å²) in [5, 5.41) is 9.86. The molecule has 4 nitrogen and oxygen atoms in total. The zero-order chi connectivity index (χ0) is 20.2. The van der Waals surface area contributed by atoms with E-state index in [0.29, 0.717) is 31.1 Å². The molecule has 0 saturated carbocycles. The Hall–Kier alpha value is -3.45. The second-order valence-electron chi connectivity index (χ2n) is 7.05. The number of nitrogens with zero attached hydrogens (tertiary/aromatic N) is 1. The molecular formula is C25H23NO3. The van der Waals surface area contributed by atoms with Gasteiger partial charge in [-0.2, -0.15) is 5.26 Å². The summed E-state index contributed by atoms with van der Waals surface area (Å²) >= 11 is 0. The van der Waals surface area contributed by atoms with Crippen molar-refractivity contribution in [2.24, 2.45) is 0 Å². The Labute approximate surface area is 171 Å². The first-order valence-electron chi connectivity index (χ1n) is 9.84. The van der Waals surface area contributed by atoms with Crippen LogP contribution in [0.25, 0.3) is 11.1 Å². The van der Waals surface area contributed by atoms with Crippen LogP contribution in [0, 0.1) is 18.3 Å². The molecule has 0 atom stereocenters. The maximum absolute atomic E-state index is 9.86. The van der Waals surface area contributed by atoms with E-state index in [1.165, 1.54) is 5.56 Å². The number of ether oxygens (including phenoxy) is 3. The van der Waals surface area contributed by atoms with Crippen molar-refractivity contribution in [3.63, 3.8) is 0 Å². The topological polar surface area (TPSA) is 51.5 Å². The lowest BCUT2D eigenvalue weighted by Crippen LogP contribution is -2.15. The third-order valence-electron chi connectivity index (χ3n) is 5.15. The van der Waals surface area contributed by atoms with Gasteiger partial charge in [0.05, 0.1) is 5.56 Å². The summed E-state index contributed by atoms with van der Waals surface area (Å²) in [6.45, 7) is 5.61. The molecule has 4 heteroatoms. The molecule has 29 heavy (non-hydrogen) atoms. The monoisotopic (exact) mass is 385 g/mol. The van der Waals surface area contributed by atoms with Gasteiger partial charge in [-0.05, 0) is 53.8 Å². The highest BCUT2D eigenvalue weighted by atomic mass is 16.6. The average Bonchev–Trinajstić information content (AvgIpc) is 2.77. The number of rotatable bonds is 5. The van der Waals surface area contributed by atoms with E-state index in [1.54, 1.807) is 0 Å². The predicted molar refractivity (Wildman–Crippen MR) is 112 cm³/mol. The van der Waals surface area contributed by atoms with Crippen molar-refractivity contribution in [3.05, 3.63) is 76.9 Å². The van der Waals surface area contributed by atoms with Gasteiger partial charge in [0.15, 0.2) is 11.5 Å². The lowest BCUT2D eigenvalue weighted by atomic mass is 9.96. The summed E-state index contributed by atoms with van der Waals surface area (Å²) in [5.41, 5.74) is 5.66. The fourth-order valence-corrected chi connectivity index (χ4v) is 3.55. The zero-order valence-electron chi connectivity index (χ0n) is 16.7. The van der Waals surface area contributed by atoms with Crippen LogP contribution in [0.4, 0.5) is 0 Å². The molecule has 0 saturated heterocycles. The summed E-state index contributed by atoms with van der Waals surface area (Å²) in [4.78, 5) is 0. The molecule has 0 fully saturated rings. The molecule has 1 aliphatic rings. The molecule has 0 N–H and O–H groups in total. The molecule has 1 heterocycles. The van der Waals surface area contributed by atoms with Gasteiger partial charge in [0, 0.05) is 5.56 Å². The fourth-order valence-electron chi connectivity index (χ4n) is 3.55. The van der Waals surface area contributed by atoms with Gasteiger partial charge in [-0.25, -0.2) is 0 Å². The van der Waals surface area contributed by atoms with Gasteiger partial charge >= 0.3 is 0 Å². The standard InChI is InChI=1S/C25H23NO3/c1-3-18-7-9-23(17(2)13-18)29-16-20-5-4-6-21(22(20)15-26)19-8-10-24-25(14-19)28-12-11-27-24/h4-10,13-14H,3,11-12,16H2,1-2H3.